The molecule has 0 bridgehead atoms. The molecule has 2 unspecified atom stereocenters. The second-order valence-corrected chi connectivity index (χ2v) is 4.00. The average molecular weight is 225 g/mol. The van der Waals surface area contributed by atoms with Crippen molar-refractivity contribution >= 4 is 5.97 Å². The van der Waals surface area contributed by atoms with Crippen molar-refractivity contribution in [2.45, 2.75) is 26.1 Å². The fourth-order valence-corrected chi connectivity index (χ4v) is 1.46. The fraction of sp³-hybridized carbons (Fsp3) is 0.462. The zero-order valence-corrected chi connectivity index (χ0v) is 9.18. The molecule has 0 saturated carbocycles. The van der Waals surface area contributed by atoms with Gasteiger partial charge in [0.2, 0.25) is 0 Å². The molecule has 0 aliphatic heterocycles. The smallest absolute Gasteiger partial charge is 0.310 e. The maximum Gasteiger partial charge on any atom is 0.310 e. The number of aliphatic carboxylic acids is 1. The summed E-state index contributed by atoms with van der Waals surface area (Å²) in [5.41, 5.74) is 1.22. The number of rotatable bonds is 5. The third-order valence-corrected chi connectivity index (χ3v) is 2.46. The predicted molar refractivity (Wildman–Crippen MR) is 62.4 cm³/mol. The topological polar surface area (TPSA) is 57.5 Å². The van der Waals surface area contributed by atoms with Gasteiger partial charge >= 0.3 is 5.97 Å². The summed E-state index contributed by atoms with van der Waals surface area (Å²) in [6, 6.07) is 6.49. The van der Waals surface area contributed by atoms with E-state index in [2.05, 4.69) is 0 Å². The van der Waals surface area contributed by atoms with Crippen molar-refractivity contribution in [3.05, 3.63) is 35.4 Å². The molecule has 0 aliphatic rings. The minimum Gasteiger partial charge on any atom is -0.481 e. The molecular weight excluding hydrogens is 204 g/mol. The van der Waals surface area contributed by atoms with Gasteiger partial charge in [-0.2, -0.15) is 0 Å². The molecule has 0 heterocycles. The van der Waals surface area contributed by atoms with Crippen LogP contribution in [0.4, 0.5) is 0 Å². The van der Waals surface area contributed by atoms with Gasteiger partial charge in [0.1, 0.15) is 0 Å². The van der Waals surface area contributed by atoms with Gasteiger partial charge in [0.25, 0.3) is 0 Å². The predicted octanol–water partition coefficient (Wildman–Crippen LogP) is 2.05. The summed E-state index contributed by atoms with van der Waals surface area (Å²) in [4.78, 5) is 11.1. The Morgan fingerprint density at radius 2 is 2.06 bits per heavy atom. The zero-order valence-electron chi connectivity index (χ0n) is 12.2. The van der Waals surface area contributed by atoms with Crippen molar-refractivity contribution < 1.29 is 19.1 Å². The SMILES string of the molecule is [2H]C([2H])([2H])C(C(=O)O)c1ccc(CC(C)CO)cc1. The van der Waals surface area contributed by atoms with Gasteiger partial charge in [-0.1, -0.05) is 31.2 Å². The van der Waals surface area contributed by atoms with E-state index in [1.807, 2.05) is 6.92 Å². The molecule has 2 N–H and O–H groups in total. The van der Waals surface area contributed by atoms with E-state index >= 15 is 0 Å². The molecule has 0 spiro atoms. The van der Waals surface area contributed by atoms with Crippen molar-refractivity contribution in [2.75, 3.05) is 6.61 Å². The van der Waals surface area contributed by atoms with Crippen LogP contribution in [-0.4, -0.2) is 22.8 Å². The van der Waals surface area contributed by atoms with Gasteiger partial charge in [0, 0.05) is 10.7 Å². The number of aliphatic hydroxyl groups excluding tert-OH is 1. The average Bonchev–Trinajstić information content (AvgIpc) is 2.29. The first-order valence-electron chi connectivity index (χ1n) is 6.68. The normalized spacial score (nSPS) is 18.0. The third-order valence-electron chi connectivity index (χ3n) is 2.46. The Hall–Kier alpha value is -1.35. The molecule has 0 aliphatic carbocycles. The standard InChI is InChI=1S/C13H18O3/c1-9(8-14)7-11-3-5-12(6-4-11)10(2)13(15)16/h3-6,9-10,14H,7-8H2,1-2H3,(H,15,16)/i2D3. The van der Waals surface area contributed by atoms with E-state index in [0.717, 1.165) is 5.56 Å². The Morgan fingerprint density at radius 1 is 1.44 bits per heavy atom. The second-order valence-electron chi connectivity index (χ2n) is 4.00. The number of carbonyl (C=O) groups is 1. The van der Waals surface area contributed by atoms with Crippen molar-refractivity contribution in [3.63, 3.8) is 0 Å². The molecular formula is C13H18O3. The molecule has 88 valence electrons. The molecule has 0 saturated heterocycles. The molecule has 1 rings (SSSR count). The summed E-state index contributed by atoms with van der Waals surface area (Å²) < 4.78 is 21.8. The van der Waals surface area contributed by atoms with E-state index in [9.17, 15) is 4.79 Å². The highest BCUT2D eigenvalue weighted by molar-refractivity contribution is 5.75. The number of carboxylic acids is 1. The van der Waals surface area contributed by atoms with Gasteiger partial charge in [-0.3, -0.25) is 4.79 Å². The fourth-order valence-electron chi connectivity index (χ4n) is 1.46. The maximum atomic E-state index is 11.1. The molecule has 0 fully saturated rings. The quantitative estimate of drug-likeness (QED) is 0.806. The van der Waals surface area contributed by atoms with Crippen LogP contribution in [0, 0.1) is 5.92 Å². The molecule has 16 heavy (non-hydrogen) atoms. The van der Waals surface area contributed by atoms with Gasteiger partial charge in [-0.25, -0.2) is 0 Å². The highest BCUT2D eigenvalue weighted by Crippen LogP contribution is 2.17. The van der Waals surface area contributed by atoms with Crippen LogP contribution in [0.25, 0.3) is 0 Å². The first-order valence-corrected chi connectivity index (χ1v) is 5.18. The van der Waals surface area contributed by atoms with E-state index in [1.165, 1.54) is 12.1 Å². The monoisotopic (exact) mass is 225 g/mol. The van der Waals surface area contributed by atoms with Crippen LogP contribution in [0.5, 0.6) is 0 Å². The minimum absolute atomic E-state index is 0.0781. The van der Waals surface area contributed by atoms with Crippen molar-refractivity contribution in [3.8, 4) is 0 Å². The molecule has 1 aromatic rings. The largest absolute Gasteiger partial charge is 0.481 e. The molecule has 3 heteroatoms. The minimum atomic E-state index is -2.56. The van der Waals surface area contributed by atoms with Gasteiger partial charge in [0.05, 0.1) is 5.92 Å². The van der Waals surface area contributed by atoms with Gasteiger partial charge < -0.3 is 10.2 Å². The van der Waals surface area contributed by atoms with Gasteiger partial charge in [0.15, 0.2) is 0 Å². The lowest BCUT2D eigenvalue weighted by atomic mass is 9.96. The van der Waals surface area contributed by atoms with Crippen LogP contribution in [0.2, 0.25) is 0 Å². The zero-order chi connectivity index (χ0) is 14.6. The van der Waals surface area contributed by atoms with Crippen LogP contribution in [0.3, 0.4) is 0 Å². The van der Waals surface area contributed by atoms with Crippen LogP contribution in [-0.2, 0) is 11.2 Å². The Kier molecular flexibility index (Phi) is 3.10. The lowest BCUT2D eigenvalue weighted by molar-refractivity contribution is -0.138. The van der Waals surface area contributed by atoms with E-state index in [1.54, 1.807) is 12.1 Å². The number of benzene rings is 1. The Balaban J connectivity index is 2.93. The van der Waals surface area contributed by atoms with E-state index in [-0.39, 0.29) is 18.1 Å². The Morgan fingerprint density at radius 3 is 2.50 bits per heavy atom. The molecule has 1 aromatic carbocycles. The second kappa shape index (κ2) is 5.66. The molecule has 3 nitrogen and oxygen atoms in total. The summed E-state index contributed by atoms with van der Waals surface area (Å²) in [5.74, 6) is -2.74. The van der Waals surface area contributed by atoms with Crippen molar-refractivity contribution in [2.24, 2.45) is 5.92 Å². The summed E-state index contributed by atoms with van der Waals surface area (Å²) in [5, 5.41) is 18.0. The highest BCUT2D eigenvalue weighted by atomic mass is 16.4. The summed E-state index contributed by atoms with van der Waals surface area (Å²) in [6.07, 6.45) is 0.669. The Labute approximate surface area is 100.0 Å². The summed E-state index contributed by atoms with van der Waals surface area (Å²) in [7, 11) is 0. The van der Waals surface area contributed by atoms with Gasteiger partial charge in [-0.15, -0.1) is 0 Å². The van der Waals surface area contributed by atoms with Crippen LogP contribution in [0.15, 0.2) is 24.3 Å². The molecule has 2 atom stereocenters. The van der Waals surface area contributed by atoms with E-state index < -0.39 is 18.7 Å². The van der Waals surface area contributed by atoms with Crippen molar-refractivity contribution in [1.29, 1.82) is 0 Å². The lowest BCUT2D eigenvalue weighted by Crippen LogP contribution is -2.08. The summed E-state index contributed by atoms with van der Waals surface area (Å²) in [6.45, 7) is -0.586. The lowest BCUT2D eigenvalue weighted by Gasteiger charge is -2.10. The van der Waals surface area contributed by atoms with E-state index in [4.69, 9.17) is 14.3 Å². The van der Waals surface area contributed by atoms with E-state index in [0.29, 0.717) is 6.42 Å². The molecule has 0 amide bonds. The maximum absolute atomic E-state index is 11.1. The first-order chi connectivity index (χ1) is 8.75. The van der Waals surface area contributed by atoms with Crippen LogP contribution >= 0.6 is 0 Å². The van der Waals surface area contributed by atoms with Crippen molar-refractivity contribution in [1.82, 2.24) is 0 Å². The number of hydrogen-bond acceptors (Lipinski definition) is 2. The van der Waals surface area contributed by atoms with Gasteiger partial charge in [-0.05, 0) is 30.3 Å². The molecule has 0 aromatic heterocycles. The molecule has 0 radical (unpaired) electrons. The van der Waals surface area contributed by atoms with Crippen LogP contribution < -0.4 is 0 Å². The Bertz CT molecular complexity index is 426. The third kappa shape index (κ3) is 3.35. The number of carboxylic acid groups (broad SMARTS) is 1. The number of aliphatic hydroxyl groups is 1. The number of hydrogen-bond donors (Lipinski definition) is 2. The summed E-state index contributed by atoms with van der Waals surface area (Å²) >= 11 is 0. The highest BCUT2D eigenvalue weighted by Gasteiger charge is 2.13. The first kappa shape index (κ1) is 8.76. The van der Waals surface area contributed by atoms with Crippen LogP contribution in [0.1, 0.15) is 34.9 Å².